The second kappa shape index (κ2) is 3.36. The van der Waals surface area contributed by atoms with Crippen LogP contribution in [-0.2, 0) is 0 Å². The molecule has 0 aliphatic carbocycles. The Morgan fingerprint density at radius 3 is 1.33 bits per heavy atom. The van der Waals surface area contributed by atoms with E-state index >= 15 is 0 Å². The highest BCUT2D eigenvalue weighted by Gasteiger charge is 1.60. The Labute approximate surface area is 52.2 Å². The van der Waals surface area contributed by atoms with E-state index in [1.54, 1.807) is 0 Å². The molecule has 0 atom stereocenters. The minimum absolute atomic E-state index is 1.40. The predicted molar refractivity (Wildman–Crippen MR) is 36.0 cm³/mol. The fourth-order valence-electron chi connectivity index (χ4n) is 0.298. The summed E-state index contributed by atoms with van der Waals surface area (Å²) in [5.74, 6) is 7.50. The Morgan fingerprint density at radius 1 is 0.667 bits per heavy atom. The maximum absolute atomic E-state index is 3.60. The molecule has 0 amide bonds. The topological polar surface area (TPSA) is 37.1 Å². The van der Waals surface area contributed by atoms with Crippen molar-refractivity contribution in [1.29, 1.82) is 0 Å². The third-order valence-electron chi connectivity index (χ3n) is 0.590. The fraction of sp³-hybridized carbons (Fsp3) is 0. The molecule has 0 saturated heterocycles. The summed E-state index contributed by atoms with van der Waals surface area (Å²) < 4.78 is 0. The van der Waals surface area contributed by atoms with Gasteiger partial charge in [-0.15, -0.1) is 0 Å². The van der Waals surface area contributed by atoms with Crippen LogP contribution in [0.3, 0.4) is 0 Å². The van der Waals surface area contributed by atoms with Gasteiger partial charge in [0.15, 0.2) is 0 Å². The first-order valence-electron chi connectivity index (χ1n) is 2.31. The van der Waals surface area contributed by atoms with Crippen LogP contribution in [0.25, 0.3) is 0 Å². The van der Waals surface area contributed by atoms with Crippen LogP contribution >= 0.6 is 0 Å². The van der Waals surface area contributed by atoms with Crippen molar-refractivity contribution in [2.75, 3.05) is 0 Å². The molecule has 0 aromatic rings. The zero-order chi connectivity index (χ0) is 6.36. The molecule has 0 radical (unpaired) electrons. The molecule has 0 bridgehead atoms. The zero-order valence-electron chi connectivity index (χ0n) is 4.57. The lowest BCUT2D eigenvalue weighted by Gasteiger charge is -1.57. The molecule has 1 heterocycles. The summed E-state index contributed by atoms with van der Waals surface area (Å²) in [5, 5.41) is 0. The molecular formula is C6H3N3. The third kappa shape index (κ3) is 2.22. The van der Waals surface area contributed by atoms with E-state index in [0.29, 0.717) is 0 Å². The highest BCUT2D eigenvalue weighted by Crippen LogP contribution is 1.69. The van der Waals surface area contributed by atoms with E-state index in [9.17, 15) is 0 Å². The standard InChI is InChI=1S/C6H3N3/c1-2-8-5-6-9-4-3-7-1/h1,4-5H. The van der Waals surface area contributed by atoms with E-state index in [4.69, 9.17) is 0 Å². The molecule has 1 aliphatic heterocycles. The molecule has 0 aromatic heterocycles. The van der Waals surface area contributed by atoms with Crippen molar-refractivity contribution in [2.24, 2.45) is 15.0 Å². The Morgan fingerprint density at radius 2 is 1.00 bits per heavy atom. The summed E-state index contributed by atoms with van der Waals surface area (Å²) in [4.78, 5) is 10.8. The molecule has 0 unspecified atom stereocenters. The largest absolute Gasteiger partial charge is 0.203 e. The second-order valence-corrected chi connectivity index (χ2v) is 1.16. The number of hydrogen-bond acceptors (Lipinski definition) is 3. The van der Waals surface area contributed by atoms with Crippen molar-refractivity contribution in [1.82, 2.24) is 0 Å². The zero-order valence-corrected chi connectivity index (χ0v) is 4.57. The van der Waals surface area contributed by atoms with Crippen molar-refractivity contribution in [3.8, 4) is 0 Å². The minimum Gasteiger partial charge on any atom is -0.203 e. The Bertz CT molecular complexity index is 201. The lowest BCUT2D eigenvalue weighted by Crippen LogP contribution is -1.50. The third-order valence-corrected chi connectivity index (χ3v) is 0.590. The van der Waals surface area contributed by atoms with Crippen LogP contribution in [0.2, 0.25) is 0 Å². The molecule has 3 heteroatoms. The lowest BCUT2D eigenvalue weighted by molar-refractivity contribution is 1.61. The number of rotatable bonds is 0. The van der Waals surface area contributed by atoms with Crippen LogP contribution in [0, 0.1) is 0 Å². The van der Waals surface area contributed by atoms with Gasteiger partial charge in [0.2, 0.25) is 0 Å². The van der Waals surface area contributed by atoms with Gasteiger partial charge in [-0.25, -0.2) is 15.0 Å². The average molecular weight is 117 g/mol. The highest BCUT2D eigenvalue weighted by molar-refractivity contribution is 5.64. The molecular weight excluding hydrogens is 114 g/mol. The molecule has 0 aromatic carbocycles. The van der Waals surface area contributed by atoms with Gasteiger partial charge in [-0.1, -0.05) is 0 Å². The number of nitrogens with zero attached hydrogens (tertiary/aromatic N) is 3. The van der Waals surface area contributed by atoms with Crippen LogP contribution in [0.5, 0.6) is 0 Å². The Kier molecular flexibility index (Phi) is 2.05. The number of aliphatic imine (C=N–C) groups is 3. The van der Waals surface area contributed by atoms with Gasteiger partial charge in [0.25, 0.3) is 0 Å². The quantitative estimate of drug-likeness (QED) is 0.444. The Balaban J connectivity index is 3.04. The van der Waals surface area contributed by atoms with Crippen molar-refractivity contribution < 1.29 is 0 Å². The van der Waals surface area contributed by atoms with Gasteiger partial charge < -0.3 is 0 Å². The van der Waals surface area contributed by atoms with Crippen LogP contribution in [0.1, 0.15) is 0 Å². The minimum atomic E-state index is 1.40. The van der Waals surface area contributed by atoms with E-state index in [-0.39, 0.29) is 0 Å². The van der Waals surface area contributed by atoms with E-state index in [1.807, 2.05) is 0 Å². The summed E-state index contributed by atoms with van der Waals surface area (Å²) in [7, 11) is 0. The van der Waals surface area contributed by atoms with Gasteiger partial charge in [0.1, 0.15) is 0 Å². The van der Waals surface area contributed by atoms with Crippen LogP contribution < -0.4 is 0 Å². The van der Waals surface area contributed by atoms with Crippen LogP contribution in [0.15, 0.2) is 33.6 Å². The molecule has 0 N–H and O–H groups in total. The normalized spacial score (nSPS) is 13.3. The van der Waals surface area contributed by atoms with Crippen molar-refractivity contribution in [3.63, 3.8) is 0 Å². The molecule has 0 spiro atoms. The first kappa shape index (κ1) is 5.49. The highest BCUT2D eigenvalue weighted by atomic mass is 14.7. The molecule has 3 nitrogen and oxygen atoms in total. The molecule has 1 aliphatic rings. The summed E-state index contributed by atoms with van der Waals surface area (Å²) >= 11 is 0. The van der Waals surface area contributed by atoms with Gasteiger partial charge in [0, 0.05) is 17.6 Å². The first-order chi connectivity index (χ1) is 4.50. The fourth-order valence-corrected chi connectivity index (χ4v) is 0.298. The van der Waals surface area contributed by atoms with Crippen molar-refractivity contribution in [3.05, 3.63) is 18.6 Å². The van der Waals surface area contributed by atoms with Crippen molar-refractivity contribution >= 4 is 17.6 Å². The predicted octanol–water partition coefficient (Wildman–Crippen LogP) is 0.550. The van der Waals surface area contributed by atoms with Gasteiger partial charge in [-0.05, 0) is 0 Å². The van der Waals surface area contributed by atoms with E-state index in [1.165, 1.54) is 18.6 Å². The average Bonchev–Trinajstić information content (AvgIpc) is 2.00. The summed E-state index contributed by atoms with van der Waals surface area (Å²) in [5.41, 5.74) is 0. The van der Waals surface area contributed by atoms with E-state index in [0.717, 1.165) is 0 Å². The second-order valence-electron chi connectivity index (χ2n) is 1.16. The molecule has 9 heavy (non-hydrogen) atoms. The maximum Gasteiger partial charge on any atom is 0.0982 e. The van der Waals surface area contributed by atoms with Gasteiger partial charge in [0.05, 0.1) is 18.6 Å². The smallest absolute Gasteiger partial charge is 0.0982 e. The van der Waals surface area contributed by atoms with Crippen LogP contribution in [-0.4, -0.2) is 17.6 Å². The number of hydrogen-bond donors (Lipinski definition) is 0. The van der Waals surface area contributed by atoms with Crippen LogP contribution in [0.4, 0.5) is 0 Å². The van der Waals surface area contributed by atoms with E-state index < -0.39 is 0 Å². The van der Waals surface area contributed by atoms with E-state index in [2.05, 4.69) is 32.6 Å². The summed E-state index contributed by atoms with van der Waals surface area (Å²) in [6.07, 6.45) is 4.20. The Hall–Kier alpha value is -1.65. The molecule has 0 saturated carbocycles. The molecule has 1 rings (SSSR count). The molecule has 0 fully saturated rings. The monoisotopic (exact) mass is 117 g/mol. The summed E-state index contributed by atoms with van der Waals surface area (Å²) in [6.45, 7) is 0. The van der Waals surface area contributed by atoms with Crippen molar-refractivity contribution in [2.45, 2.75) is 0 Å². The first-order valence-corrected chi connectivity index (χ1v) is 2.31. The van der Waals surface area contributed by atoms with Gasteiger partial charge in [-0.2, -0.15) is 0 Å². The summed E-state index contributed by atoms with van der Waals surface area (Å²) in [6, 6.07) is 0. The molecule has 42 valence electrons. The van der Waals surface area contributed by atoms with Gasteiger partial charge in [-0.3, -0.25) is 0 Å². The SMILES string of the molecule is C1=CN=C=CN=C=CN=1. The lowest BCUT2D eigenvalue weighted by atomic mass is 10.9. The maximum atomic E-state index is 3.60. The van der Waals surface area contributed by atoms with Gasteiger partial charge >= 0.3 is 0 Å².